The highest BCUT2D eigenvalue weighted by Crippen LogP contribution is 2.33. The SMILES string of the molecule is O=C(CCNS(=O)(=O)c1cccnc1)N1CCC[C@@H]1c1ccsc1. The van der Waals surface area contributed by atoms with Crippen LogP contribution >= 0.6 is 11.3 Å². The van der Waals surface area contributed by atoms with Crippen LogP contribution in [0.5, 0.6) is 0 Å². The minimum Gasteiger partial charge on any atom is -0.336 e. The normalized spacial score (nSPS) is 18.0. The number of likely N-dealkylation sites (tertiary alicyclic amines) is 1. The van der Waals surface area contributed by atoms with Crippen LogP contribution in [0.25, 0.3) is 0 Å². The predicted octanol–water partition coefficient (Wildman–Crippen LogP) is 2.18. The van der Waals surface area contributed by atoms with E-state index in [0.717, 1.165) is 19.4 Å². The van der Waals surface area contributed by atoms with Crippen LogP contribution in [0.4, 0.5) is 0 Å². The summed E-state index contributed by atoms with van der Waals surface area (Å²) in [5.74, 6) is -0.0161. The van der Waals surface area contributed by atoms with Crippen LogP contribution in [-0.2, 0) is 14.8 Å². The van der Waals surface area contributed by atoms with Gasteiger partial charge in [-0.3, -0.25) is 9.78 Å². The monoisotopic (exact) mass is 365 g/mol. The Bertz CT molecular complexity index is 776. The maximum Gasteiger partial charge on any atom is 0.242 e. The Morgan fingerprint density at radius 1 is 1.42 bits per heavy atom. The second kappa shape index (κ2) is 7.42. The van der Waals surface area contributed by atoms with Crippen molar-refractivity contribution in [2.24, 2.45) is 0 Å². The Morgan fingerprint density at radius 3 is 3.00 bits per heavy atom. The van der Waals surface area contributed by atoms with E-state index in [9.17, 15) is 13.2 Å². The number of hydrogen-bond donors (Lipinski definition) is 1. The lowest BCUT2D eigenvalue weighted by atomic mass is 10.1. The molecule has 1 N–H and O–H groups in total. The molecule has 1 aliphatic heterocycles. The van der Waals surface area contributed by atoms with E-state index >= 15 is 0 Å². The van der Waals surface area contributed by atoms with Crippen LogP contribution in [0.2, 0.25) is 0 Å². The molecule has 0 saturated carbocycles. The number of nitrogens with one attached hydrogen (secondary N) is 1. The lowest BCUT2D eigenvalue weighted by Gasteiger charge is -2.24. The topological polar surface area (TPSA) is 79.4 Å². The van der Waals surface area contributed by atoms with Crippen LogP contribution in [0, 0.1) is 0 Å². The van der Waals surface area contributed by atoms with Gasteiger partial charge in [0.2, 0.25) is 15.9 Å². The first-order valence-corrected chi connectivity index (χ1v) is 10.2. The molecule has 0 radical (unpaired) electrons. The van der Waals surface area contributed by atoms with Gasteiger partial charge in [-0.2, -0.15) is 11.3 Å². The van der Waals surface area contributed by atoms with Crippen molar-refractivity contribution in [1.82, 2.24) is 14.6 Å². The summed E-state index contributed by atoms with van der Waals surface area (Å²) in [7, 11) is -3.62. The summed E-state index contributed by atoms with van der Waals surface area (Å²) >= 11 is 1.62. The van der Waals surface area contributed by atoms with E-state index in [4.69, 9.17) is 0 Å². The van der Waals surface area contributed by atoms with Crippen molar-refractivity contribution in [2.45, 2.75) is 30.2 Å². The fraction of sp³-hybridized carbons (Fsp3) is 0.375. The lowest BCUT2D eigenvalue weighted by molar-refractivity contribution is -0.131. The average Bonchev–Trinajstić information content (AvgIpc) is 3.26. The number of sulfonamides is 1. The smallest absolute Gasteiger partial charge is 0.242 e. The number of amides is 1. The number of aromatic nitrogens is 1. The number of thiophene rings is 1. The summed E-state index contributed by atoms with van der Waals surface area (Å²) in [6.07, 6.45) is 4.90. The molecule has 1 fully saturated rings. The molecular formula is C16H19N3O3S2. The van der Waals surface area contributed by atoms with Gasteiger partial charge in [0, 0.05) is 31.9 Å². The standard InChI is InChI=1S/C16H19N3O3S2/c20-16(19-9-2-4-15(19)13-6-10-23-12-13)5-8-18-24(21,22)14-3-1-7-17-11-14/h1,3,6-7,10-12,15,18H,2,4-5,8-9H2/t15-/m1/s1. The van der Waals surface area contributed by atoms with Crippen LogP contribution in [0.1, 0.15) is 30.9 Å². The van der Waals surface area contributed by atoms with E-state index in [1.165, 1.54) is 24.0 Å². The molecule has 24 heavy (non-hydrogen) atoms. The molecule has 8 heteroatoms. The zero-order chi connectivity index (χ0) is 17.0. The molecule has 0 bridgehead atoms. The first-order valence-electron chi connectivity index (χ1n) is 7.79. The van der Waals surface area contributed by atoms with Crippen molar-refractivity contribution in [1.29, 1.82) is 0 Å². The van der Waals surface area contributed by atoms with Crippen LogP contribution in [-0.4, -0.2) is 37.3 Å². The Balaban J connectivity index is 1.56. The van der Waals surface area contributed by atoms with E-state index in [1.54, 1.807) is 17.4 Å². The van der Waals surface area contributed by atoms with Gasteiger partial charge in [0.15, 0.2) is 0 Å². The highest BCUT2D eigenvalue weighted by Gasteiger charge is 2.29. The van der Waals surface area contributed by atoms with Crippen LogP contribution < -0.4 is 4.72 Å². The first-order chi connectivity index (χ1) is 11.6. The van der Waals surface area contributed by atoms with Gasteiger partial charge in [-0.25, -0.2) is 13.1 Å². The predicted molar refractivity (Wildman–Crippen MR) is 92.0 cm³/mol. The Kier molecular flexibility index (Phi) is 5.27. The average molecular weight is 365 g/mol. The van der Waals surface area contributed by atoms with Crippen molar-refractivity contribution in [3.8, 4) is 0 Å². The molecule has 6 nitrogen and oxygen atoms in total. The number of hydrogen-bond acceptors (Lipinski definition) is 5. The second-order valence-electron chi connectivity index (χ2n) is 5.64. The molecule has 1 saturated heterocycles. The van der Waals surface area contributed by atoms with E-state index in [-0.39, 0.29) is 29.8 Å². The van der Waals surface area contributed by atoms with Crippen molar-refractivity contribution in [3.05, 3.63) is 46.9 Å². The third kappa shape index (κ3) is 3.82. The molecule has 3 rings (SSSR count). The first kappa shape index (κ1) is 17.1. The fourth-order valence-corrected chi connectivity index (χ4v) is 4.60. The Morgan fingerprint density at radius 2 is 2.29 bits per heavy atom. The third-order valence-corrected chi connectivity index (χ3v) is 6.22. The molecule has 0 aliphatic carbocycles. The van der Waals surface area contributed by atoms with Crippen LogP contribution in [0.3, 0.4) is 0 Å². The molecule has 2 aromatic rings. The van der Waals surface area contributed by atoms with Gasteiger partial charge in [0.25, 0.3) is 0 Å². The van der Waals surface area contributed by atoms with E-state index in [2.05, 4.69) is 15.1 Å². The van der Waals surface area contributed by atoms with Gasteiger partial charge < -0.3 is 4.90 Å². The number of carbonyl (C=O) groups excluding carboxylic acids is 1. The van der Waals surface area contributed by atoms with Crippen molar-refractivity contribution in [3.63, 3.8) is 0 Å². The molecule has 0 aromatic carbocycles. The summed E-state index contributed by atoms with van der Waals surface area (Å²) in [5.41, 5.74) is 1.17. The summed E-state index contributed by atoms with van der Waals surface area (Å²) in [4.78, 5) is 18.2. The summed E-state index contributed by atoms with van der Waals surface area (Å²) in [5, 5.41) is 4.08. The highest BCUT2D eigenvalue weighted by atomic mass is 32.2. The molecule has 128 valence electrons. The zero-order valence-corrected chi connectivity index (χ0v) is 14.7. The second-order valence-corrected chi connectivity index (χ2v) is 8.19. The molecule has 2 aromatic heterocycles. The van der Waals surface area contributed by atoms with Crippen molar-refractivity contribution >= 4 is 27.3 Å². The molecule has 1 atom stereocenters. The third-order valence-electron chi connectivity index (χ3n) is 4.08. The maximum atomic E-state index is 12.5. The number of nitrogens with zero attached hydrogens (tertiary/aromatic N) is 2. The van der Waals surface area contributed by atoms with Gasteiger partial charge in [-0.15, -0.1) is 0 Å². The van der Waals surface area contributed by atoms with Crippen LogP contribution in [0.15, 0.2) is 46.2 Å². The quantitative estimate of drug-likeness (QED) is 0.851. The van der Waals surface area contributed by atoms with Gasteiger partial charge >= 0.3 is 0 Å². The molecular weight excluding hydrogens is 346 g/mol. The molecule has 3 heterocycles. The Hall–Kier alpha value is -1.77. The number of carbonyl (C=O) groups is 1. The van der Waals surface area contributed by atoms with Crippen molar-refractivity contribution in [2.75, 3.05) is 13.1 Å². The summed E-state index contributed by atoms with van der Waals surface area (Å²) in [6.45, 7) is 0.817. The van der Waals surface area contributed by atoms with Gasteiger partial charge in [0.05, 0.1) is 6.04 Å². The summed E-state index contributed by atoms with van der Waals surface area (Å²) in [6, 6.07) is 5.21. The minimum absolute atomic E-state index is 0.0161. The minimum atomic E-state index is -3.62. The van der Waals surface area contributed by atoms with Gasteiger partial charge in [-0.1, -0.05) is 0 Å². The van der Waals surface area contributed by atoms with Gasteiger partial charge in [-0.05, 0) is 47.4 Å². The van der Waals surface area contributed by atoms with E-state index in [0.29, 0.717) is 0 Å². The van der Waals surface area contributed by atoms with Crippen molar-refractivity contribution < 1.29 is 13.2 Å². The largest absolute Gasteiger partial charge is 0.336 e. The zero-order valence-electron chi connectivity index (χ0n) is 13.1. The Labute approximate surface area is 145 Å². The highest BCUT2D eigenvalue weighted by molar-refractivity contribution is 7.89. The fourth-order valence-electron chi connectivity index (χ4n) is 2.90. The lowest BCUT2D eigenvalue weighted by Crippen LogP contribution is -2.34. The molecule has 0 unspecified atom stereocenters. The van der Waals surface area contributed by atoms with Gasteiger partial charge in [0.1, 0.15) is 4.90 Å². The maximum absolute atomic E-state index is 12.5. The van der Waals surface area contributed by atoms with E-state index in [1.807, 2.05) is 16.3 Å². The van der Waals surface area contributed by atoms with E-state index < -0.39 is 10.0 Å². The molecule has 1 amide bonds. The molecule has 1 aliphatic rings. The number of rotatable bonds is 6. The molecule has 0 spiro atoms. The summed E-state index contributed by atoms with van der Waals surface area (Å²) < 4.78 is 26.7. The number of pyridine rings is 1.